The first-order valence-corrected chi connectivity index (χ1v) is 8.15. The van der Waals surface area contributed by atoms with E-state index < -0.39 is 6.10 Å². The molecule has 0 saturated heterocycles. The number of aryl methyl sites for hydroxylation is 1. The maximum atomic E-state index is 12.3. The second kappa shape index (κ2) is 6.37. The van der Waals surface area contributed by atoms with Gasteiger partial charge in [-0.2, -0.15) is 0 Å². The molecule has 3 rings (SSSR count). The van der Waals surface area contributed by atoms with E-state index in [4.69, 9.17) is 4.74 Å². The van der Waals surface area contributed by atoms with Gasteiger partial charge in [-0.15, -0.1) is 11.3 Å². The molecule has 1 aliphatic rings. The van der Waals surface area contributed by atoms with Crippen molar-refractivity contribution in [3.63, 3.8) is 0 Å². The molecule has 1 aliphatic heterocycles. The molecule has 7 heteroatoms. The zero-order chi connectivity index (χ0) is 16.4. The highest BCUT2D eigenvalue weighted by Gasteiger charge is 2.31. The number of anilines is 2. The van der Waals surface area contributed by atoms with Crippen LogP contribution in [0, 0.1) is 6.92 Å². The molecule has 1 aromatic carbocycles. The lowest BCUT2D eigenvalue weighted by atomic mass is 10.1. The SMILES string of the molecule is Cc1cnc(NC(=O)CCN2C(=O)C(C)Oc3ccccc32)s1. The number of ether oxygens (including phenoxy) is 1. The number of carbonyl (C=O) groups is 2. The van der Waals surface area contributed by atoms with Crippen molar-refractivity contribution in [3.05, 3.63) is 35.3 Å². The number of nitrogens with one attached hydrogen (secondary N) is 1. The summed E-state index contributed by atoms with van der Waals surface area (Å²) in [4.78, 5) is 31.1. The second-order valence-corrected chi connectivity index (χ2v) is 6.53. The van der Waals surface area contributed by atoms with Crippen LogP contribution in [-0.2, 0) is 9.59 Å². The Morgan fingerprint density at radius 1 is 1.43 bits per heavy atom. The molecule has 120 valence electrons. The van der Waals surface area contributed by atoms with Crippen molar-refractivity contribution in [1.29, 1.82) is 0 Å². The van der Waals surface area contributed by atoms with Crippen LogP contribution >= 0.6 is 11.3 Å². The molecule has 2 aromatic rings. The highest BCUT2D eigenvalue weighted by molar-refractivity contribution is 7.15. The molecular weight excluding hydrogens is 314 g/mol. The Balaban J connectivity index is 1.67. The van der Waals surface area contributed by atoms with Crippen molar-refractivity contribution in [2.24, 2.45) is 0 Å². The smallest absolute Gasteiger partial charge is 0.267 e. The van der Waals surface area contributed by atoms with Crippen molar-refractivity contribution in [2.45, 2.75) is 26.4 Å². The van der Waals surface area contributed by atoms with E-state index in [1.54, 1.807) is 18.0 Å². The largest absolute Gasteiger partial charge is 0.479 e. The van der Waals surface area contributed by atoms with Crippen LogP contribution < -0.4 is 15.0 Å². The third kappa shape index (κ3) is 3.34. The third-order valence-corrected chi connectivity index (χ3v) is 4.33. The highest BCUT2D eigenvalue weighted by atomic mass is 32.1. The number of aromatic nitrogens is 1. The average molecular weight is 331 g/mol. The summed E-state index contributed by atoms with van der Waals surface area (Å²) in [6.45, 7) is 3.95. The molecule has 0 fully saturated rings. The number of carbonyl (C=O) groups excluding carboxylic acids is 2. The van der Waals surface area contributed by atoms with E-state index in [0.29, 0.717) is 23.1 Å². The minimum atomic E-state index is -0.547. The summed E-state index contributed by atoms with van der Waals surface area (Å²) in [6, 6.07) is 7.35. The molecule has 0 bridgehead atoms. The predicted octanol–water partition coefficient (Wildman–Crippen LogP) is 2.59. The van der Waals surface area contributed by atoms with Gasteiger partial charge in [-0.3, -0.25) is 9.59 Å². The van der Waals surface area contributed by atoms with Crippen LogP contribution in [0.15, 0.2) is 30.5 Å². The van der Waals surface area contributed by atoms with Crippen molar-refractivity contribution < 1.29 is 14.3 Å². The van der Waals surface area contributed by atoms with Gasteiger partial charge in [0.15, 0.2) is 11.2 Å². The number of benzene rings is 1. The zero-order valence-corrected chi connectivity index (χ0v) is 13.7. The Hall–Kier alpha value is -2.41. The molecular formula is C16H17N3O3S. The number of para-hydroxylation sites is 2. The summed E-state index contributed by atoms with van der Waals surface area (Å²) in [7, 11) is 0. The molecule has 23 heavy (non-hydrogen) atoms. The Labute approximate surface area is 138 Å². The molecule has 1 N–H and O–H groups in total. The van der Waals surface area contributed by atoms with E-state index in [0.717, 1.165) is 4.88 Å². The minimum absolute atomic E-state index is 0.137. The maximum absolute atomic E-state index is 12.3. The van der Waals surface area contributed by atoms with E-state index in [1.807, 2.05) is 31.2 Å². The fourth-order valence-electron chi connectivity index (χ4n) is 2.40. The molecule has 2 amide bonds. The van der Waals surface area contributed by atoms with Crippen molar-refractivity contribution in [1.82, 2.24) is 4.98 Å². The molecule has 1 unspecified atom stereocenters. The fraction of sp³-hybridized carbons (Fsp3) is 0.312. The predicted molar refractivity (Wildman–Crippen MR) is 89.0 cm³/mol. The van der Waals surface area contributed by atoms with Gasteiger partial charge < -0.3 is 15.0 Å². The van der Waals surface area contributed by atoms with Crippen LogP contribution in [0.25, 0.3) is 0 Å². The minimum Gasteiger partial charge on any atom is -0.479 e. The number of hydrogen-bond acceptors (Lipinski definition) is 5. The zero-order valence-electron chi connectivity index (χ0n) is 12.9. The molecule has 1 atom stereocenters. The summed E-state index contributed by atoms with van der Waals surface area (Å²) in [5.41, 5.74) is 0.702. The van der Waals surface area contributed by atoms with Crippen LogP contribution in [0.1, 0.15) is 18.2 Å². The Morgan fingerprint density at radius 2 is 2.22 bits per heavy atom. The second-order valence-electron chi connectivity index (χ2n) is 5.29. The first kappa shape index (κ1) is 15.5. The lowest BCUT2D eigenvalue weighted by molar-refractivity contribution is -0.125. The Kier molecular flexibility index (Phi) is 4.29. The average Bonchev–Trinajstić information content (AvgIpc) is 2.93. The van der Waals surface area contributed by atoms with Gasteiger partial charge in [0, 0.05) is 24.0 Å². The number of rotatable bonds is 4. The van der Waals surface area contributed by atoms with Gasteiger partial charge in [0.05, 0.1) is 5.69 Å². The van der Waals surface area contributed by atoms with Gasteiger partial charge >= 0.3 is 0 Å². The van der Waals surface area contributed by atoms with Crippen LogP contribution in [0.5, 0.6) is 5.75 Å². The van der Waals surface area contributed by atoms with Gasteiger partial charge in [0.1, 0.15) is 5.75 Å². The summed E-state index contributed by atoms with van der Waals surface area (Å²) in [5, 5.41) is 3.33. The molecule has 1 aromatic heterocycles. The van der Waals surface area contributed by atoms with E-state index in [-0.39, 0.29) is 18.2 Å². The van der Waals surface area contributed by atoms with E-state index >= 15 is 0 Å². The number of nitrogens with zero attached hydrogens (tertiary/aromatic N) is 2. The molecule has 0 spiro atoms. The highest BCUT2D eigenvalue weighted by Crippen LogP contribution is 2.33. The normalized spacial score (nSPS) is 16.7. The summed E-state index contributed by atoms with van der Waals surface area (Å²) in [6.07, 6.45) is 1.37. The first-order valence-electron chi connectivity index (χ1n) is 7.34. The Morgan fingerprint density at radius 3 is 2.96 bits per heavy atom. The number of amides is 2. The van der Waals surface area contributed by atoms with E-state index in [2.05, 4.69) is 10.3 Å². The van der Waals surface area contributed by atoms with Gasteiger partial charge in [-0.1, -0.05) is 12.1 Å². The molecule has 2 heterocycles. The number of thiazole rings is 1. The van der Waals surface area contributed by atoms with Gasteiger partial charge in [-0.05, 0) is 26.0 Å². The van der Waals surface area contributed by atoms with Crippen molar-refractivity contribution in [3.8, 4) is 5.75 Å². The van der Waals surface area contributed by atoms with Crippen molar-refractivity contribution >= 4 is 34.0 Å². The fourth-order valence-corrected chi connectivity index (χ4v) is 3.08. The molecule has 0 aliphatic carbocycles. The van der Waals surface area contributed by atoms with Crippen molar-refractivity contribution in [2.75, 3.05) is 16.8 Å². The Bertz CT molecular complexity index is 744. The molecule has 6 nitrogen and oxygen atoms in total. The quantitative estimate of drug-likeness (QED) is 0.935. The van der Waals surface area contributed by atoms with E-state index in [9.17, 15) is 9.59 Å². The standard InChI is InChI=1S/C16H17N3O3S/c1-10-9-17-16(23-10)18-14(20)7-8-19-12-5-3-4-6-13(12)22-11(2)15(19)21/h3-6,9,11H,7-8H2,1-2H3,(H,17,18,20). The molecule has 0 saturated carbocycles. The summed E-state index contributed by atoms with van der Waals surface area (Å²) >= 11 is 1.42. The van der Waals surface area contributed by atoms with Crippen LogP contribution in [-0.4, -0.2) is 29.4 Å². The van der Waals surface area contributed by atoms with Crippen LogP contribution in [0.4, 0.5) is 10.8 Å². The number of hydrogen-bond donors (Lipinski definition) is 1. The van der Waals surface area contributed by atoms with Crippen LogP contribution in [0.2, 0.25) is 0 Å². The van der Waals surface area contributed by atoms with Crippen LogP contribution in [0.3, 0.4) is 0 Å². The van der Waals surface area contributed by atoms with Gasteiger partial charge in [0.2, 0.25) is 5.91 Å². The van der Waals surface area contributed by atoms with Gasteiger partial charge in [0.25, 0.3) is 5.91 Å². The lowest BCUT2D eigenvalue weighted by Crippen LogP contribution is -2.45. The van der Waals surface area contributed by atoms with Gasteiger partial charge in [-0.25, -0.2) is 4.98 Å². The first-order chi connectivity index (χ1) is 11.0. The third-order valence-electron chi connectivity index (χ3n) is 3.50. The summed E-state index contributed by atoms with van der Waals surface area (Å²) in [5.74, 6) is 0.362. The van der Waals surface area contributed by atoms with E-state index in [1.165, 1.54) is 11.3 Å². The maximum Gasteiger partial charge on any atom is 0.267 e. The molecule has 0 radical (unpaired) electrons. The lowest BCUT2D eigenvalue weighted by Gasteiger charge is -2.32. The topological polar surface area (TPSA) is 71.5 Å². The summed E-state index contributed by atoms with van der Waals surface area (Å²) < 4.78 is 5.58. The monoisotopic (exact) mass is 331 g/mol. The number of fused-ring (bicyclic) bond motifs is 1.